The summed E-state index contributed by atoms with van der Waals surface area (Å²) in [5, 5.41) is 8.44. The van der Waals surface area contributed by atoms with Crippen LogP contribution in [0.3, 0.4) is 0 Å². The summed E-state index contributed by atoms with van der Waals surface area (Å²) in [6, 6.07) is 12.2. The van der Waals surface area contributed by atoms with Crippen LogP contribution >= 0.6 is 15.9 Å². The summed E-state index contributed by atoms with van der Waals surface area (Å²) >= 11 is 3.48. The molecule has 4 nitrogen and oxygen atoms in total. The maximum Gasteiger partial charge on any atom is 0.161 e. The van der Waals surface area contributed by atoms with Gasteiger partial charge in [-0.25, -0.2) is 0 Å². The molecule has 19 heavy (non-hydrogen) atoms. The van der Waals surface area contributed by atoms with Crippen molar-refractivity contribution in [1.82, 2.24) is 14.6 Å². The van der Waals surface area contributed by atoms with Crippen LogP contribution in [0.5, 0.6) is 0 Å². The Kier molecular flexibility index (Phi) is 3.31. The minimum absolute atomic E-state index is 0.518. The summed E-state index contributed by atoms with van der Waals surface area (Å²) in [6.07, 6.45) is 2.73. The van der Waals surface area contributed by atoms with Gasteiger partial charge in [-0.15, -0.1) is 10.2 Å². The highest BCUT2D eigenvalue weighted by Gasteiger charge is 2.07. The second-order valence-electron chi connectivity index (χ2n) is 4.39. The second-order valence-corrected chi connectivity index (χ2v) is 5.31. The van der Waals surface area contributed by atoms with Crippen molar-refractivity contribution < 1.29 is 0 Å². The van der Waals surface area contributed by atoms with Gasteiger partial charge < -0.3 is 5.73 Å². The zero-order chi connectivity index (χ0) is 13.2. The fourth-order valence-corrected chi connectivity index (χ4v) is 2.51. The molecule has 0 saturated carbocycles. The van der Waals surface area contributed by atoms with E-state index in [1.54, 1.807) is 0 Å². The van der Waals surface area contributed by atoms with Crippen molar-refractivity contribution in [3.63, 3.8) is 0 Å². The second kappa shape index (κ2) is 5.11. The molecule has 0 bridgehead atoms. The van der Waals surface area contributed by atoms with Crippen LogP contribution in [0.4, 0.5) is 0 Å². The van der Waals surface area contributed by atoms with Gasteiger partial charge in [-0.2, -0.15) is 0 Å². The highest BCUT2D eigenvalue weighted by molar-refractivity contribution is 9.10. The van der Waals surface area contributed by atoms with Crippen molar-refractivity contribution in [2.45, 2.75) is 13.0 Å². The lowest BCUT2D eigenvalue weighted by atomic mass is 10.1. The number of nitrogens with zero attached hydrogens (tertiary/aromatic N) is 3. The molecule has 0 aliphatic heterocycles. The van der Waals surface area contributed by atoms with E-state index in [0.29, 0.717) is 6.54 Å². The Balaban J connectivity index is 1.97. The molecule has 0 aliphatic carbocycles. The number of aromatic nitrogens is 3. The lowest BCUT2D eigenvalue weighted by Gasteiger charge is -2.02. The fourth-order valence-electron chi connectivity index (χ4n) is 2.06. The standard InChI is InChI=1S/C14H13BrN4/c15-12-3-1-2-10(6-12)7-13-17-18-14-8-11(9-16)4-5-19(13)14/h1-6,8H,7,9,16H2. The van der Waals surface area contributed by atoms with Crippen LogP contribution in [0.15, 0.2) is 47.1 Å². The molecule has 0 unspecified atom stereocenters. The van der Waals surface area contributed by atoms with Crippen LogP contribution in [-0.4, -0.2) is 14.6 Å². The van der Waals surface area contributed by atoms with Gasteiger partial charge in [0.25, 0.3) is 0 Å². The Hall–Kier alpha value is -1.72. The number of hydrogen-bond acceptors (Lipinski definition) is 3. The van der Waals surface area contributed by atoms with E-state index in [9.17, 15) is 0 Å². The average Bonchev–Trinajstić information content (AvgIpc) is 2.81. The lowest BCUT2D eigenvalue weighted by molar-refractivity contribution is 0.931. The number of hydrogen-bond donors (Lipinski definition) is 1. The molecular formula is C14H13BrN4. The summed E-state index contributed by atoms with van der Waals surface area (Å²) in [6.45, 7) is 0.518. The van der Waals surface area contributed by atoms with Crippen LogP contribution in [0.2, 0.25) is 0 Å². The first kappa shape index (κ1) is 12.3. The van der Waals surface area contributed by atoms with Gasteiger partial charge in [-0.1, -0.05) is 28.1 Å². The van der Waals surface area contributed by atoms with Crippen molar-refractivity contribution in [1.29, 1.82) is 0 Å². The first-order valence-corrected chi connectivity index (χ1v) is 6.82. The van der Waals surface area contributed by atoms with Gasteiger partial charge in [0.15, 0.2) is 5.65 Å². The maximum atomic E-state index is 5.63. The molecule has 0 atom stereocenters. The molecule has 3 aromatic rings. The maximum absolute atomic E-state index is 5.63. The third kappa shape index (κ3) is 2.52. The lowest BCUT2D eigenvalue weighted by Crippen LogP contribution is -1.99. The molecule has 0 fully saturated rings. The zero-order valence-electron chi connectivity index (χ0n) is 10.3. The largest absolute Gasteiger partial charge is 0.326 e. The summed E-state index contributed by atoms with van der Waals surface area (Å²) in [7, 11) is 0. The molecule has 2 aromatic heterocycles. The Morgan fingerprint density at radius 1 is 1.11 bits per heavy atom. The highest BCUT2D eigenvalue weighted by atomic mass is 79.9. The van der Waals surface area contributed by atoms with Gasteiger partial charge in [0.1, 0.15) is 5.82 Å². The third-order valence-electron chi connectivity index (χ3n) is 3.03. The quantitative estimate of drug-likeness (QED) is 0.808. The van der Waals surface area contributed by atoms with Crippen LogP contribution in [0, 0.1) is 0 Å². The number of benzene rings is 1. The van der Waals surface area contributed by atoms with Gasteiger partial charge in [-0.3, -0.25) is 4.40 Å². The Bertz CT molecular complexity index is 720. The molecule has 2 N–H and O–H groups in total. The monoisotopic (exact) mass is 316 g/mol. The van der Waals surface area contributed by atoms with E-state index in [2.05, 4.69) is 38.3 Å². The third-order valence-corrected chi connectivity index (χ3v) is 3.53. The molecule has 3 rings (SSSR count). The van der Waals surface area contributed by atoms with Crippen molar-refractivity contribution in [2.75, 3.05) is 0 Å². The number of rotatable bonds is 3. The van der Waals surface area contributed by atoms with E-state index in [1.165, 1.54) is 5.56 Å². The van der Waals surface area contributed by atoms with Crippen LogP contribution in [0.1, 0.15) is 17.0 Å². The highest BCUT2D eigenvalue weighted by Crippen LogP contribution is 2.15. The molecule has 2 heterocycles. The molecule has 1 aromatic carbocycles. The van der Waals surface area contributed by atoms with Gasteiger partial charge in [0, 0.05) is 23.6 Å². The topological polar surface area (TPSA) is 56.2 Å². The molecule has 0 radical (unpaired) electrons. The van der Waals surface area contributed by atoms with Crippen molar-refractivity contribution >= 4 is 21.6 Å². The van der Waals surface area contributed by atoms with Gasteiger partial charge in [0.2, 0.25) is 0 Å². The Morgan fingerprint density at radius 3 is 2.79 bits per heavy atom. The van der Waals surface area contributed by atoms with Crippen molar-refractivity contribution in [2.24, 2.45) is 5.73 Å². The predicted octanol–water partition coefficient (Wildman–Crippen LogP) is 2.54. The Morgan fingerprint density at radius 2 is 2.00 bits per heavy atom. The van der Waals surface area contributed by atoms with E-state index in [1.807, 2.05) is 34.9 Å². The first-order chi connectivity index (χ1) is 9.26. The van der Waals surface area contributed by atoms with Crippen LogP contribution in [0.25, 0.3) is 5.65 Å². The smallest absolute Gasteiger partial charge is 0.161 e. The molecule has 96 valence electrons. The van der Waals surface area contributed by atoms with Gasteiger partial charge in [-0.05, 0) is 35.4 Å². The normalized spacial score (nSPS) is 11.1. The minimum atomic E-state index is 0.518. The molecule has 0 saturated heterocycles. The van der Waals surface area contributed by atoms with Crippen molar-refractivity contribution in [3.8, 4) is 0 Å². The fraction of sp³-hybridized carbons (Fsp3) is 0.143. The number of fused-ring (bicyclic) bond motifs is 1. The van der Waals surface area contributed by atoms with E-state index < -0.39 is 0 Å². The molecule has 0 amide bonds. The molecular weight excluding hydrogens is 304 g/mol. The summed E-state index contributed by atoms with van der Waals surface area (Å²) in [5.41, 5.74) is 8.73. The SMILES string of the molecule is NCc1ccn2c(Cc3cccc(Br)c3)nnc2c1. The number of pyridine rings is 1. The van der Waals surface area contributed by atoms with Gasteiger partial charge >= 0.3 is 0 Å². The average molecular weight is 317 g/mol. The minimum Gasteiger partial charge on any atom is -0.326 e. The Labute approximate surface area is 119 Å². The van der Waals surface area contributed by atoms with E-state index in [0.717, 1.165) is 27.9 Å². The van der Waals surface area contributed by atoms with Crippen molar-refractivity contribution in [3.05, 3.63) is 64.0 Å². The molecule has 5 heteroatoms. The summed E-state index contributed by atoms with van der Waals surface area (Å²) in [5.74, 6) is 0.927. The van der Waals surface area contributed by atoms with E-state index in [4.69, 9.17) is 5.73 Å². The van der Waals surface area contributed by atoms with E-state index in [-0.39, 0.29) is 0 Å². The van der Waals surface area contributed by atoms with Crippen LogP contribution in [-0.2, 0) is 13.0 Å². The molecule has 0 aliphatic rings. The number of nitrogens with two attached hydrogens (primary N) is 1. The first-order valence-electron chi connectivity index (χ1n) is 6.03. The zero-order valence-corrected chi connectivity index (χ0v) is 11.8. The van der Waals surface area contributed by atoms with E-state index >= 15 is 0 Å². The number of halogens is 1. The summed E-state index contributed by atoms with van der Waals surface area (Å²) < 4.78 is 3.07. The van der Waals surface area contributed by atoms with Gasteiger partial charge in [0.05, 0.1) is 0 Å². The summed E-state index contributed by atoms with van der Waals surface area (Å²) in [4.78, 5) is 0. The van der Waals surface area contributed by atoms with Crippen LogP contribution < -0.4 is 5.73 Å². The predicted molar refractivity (Wildman–Crippen MR) is 77.8 cm³/mol. The molecule has 0 spiro atoms.